The van der Waals surface area contributed by atoms with E-state index in [4.69, 9.17) is 0 Å². The fourth-order valence-electron chi connectivity index (χ4n) is 3.14. The molecule has 0 spiro atoms. The summed E-state index contributed by atoms with van der Waals surface area (Å²) < 4.78 is 0. The van der Waals surface area contributed by atoms with E-state index in [0.29, 0.717) is 19.4 Å². The Morgan fingerprint density at radius 3 is 2.19 bits per heavy atom. The number of hydrogen-bond donors (Lipinski definition) is 0. The molecule has 1 aliphatic rings. The van der Waals surface area contributed by atoms with E-state index in [2.05, 4.69) is 17.1 Å². The number of carbonyl (C=O) groups excluding carboxylic acids is 3. The van der Waals surface area contributed by atoms with E-state index in [9.17, 15) is 14.4 Å². The number of rotatable bonds is 8. The lowest BCUT2D eigenvalue weighted by atomic mass is 10.1. The van der Waals surface area contributed by atoms with E-state index in [-0.39, 0.29) is 13.0 Å². The molecule has 2 heterocycles. The zero-order valence-electron chi connectivity index (χ0n) is 15.2. The van der Waals surface area contributed by atoms with Crippen LogP contribution in [-0.4, -0.2) is 45.7 Å². The summed E-state index contributed by atoms with van der Waals surface area (Å²) in [4.78, 5) is 43.5. The average molecular weight is 365 g/mol. The van der Waals surface area contributed by atoms with Crippen molar-refractivity contribution in [2.24, 2.45) is 0 Å². The summed E-state index contributed by atoms with van der Waals surface area (Å²) in [6, 6.07) is 15.1. The molecular weight excluding hydrogens is 342 g/mol. The number of amides is 4. The van der Waals surface area contributed by atoms with Crippen LogP contribution in [0.2, 0.25) is 0 Å². The van der Waals surface area contributed by atoms with Gasteiger partial charge in [-0.2, -0.15) is 0 Å². The third kappa shape index (κ3) is 5.00. The predicted molar refractivity (Wildman–Crippen MR) is 101 cm³/mol. The first-order valence-electron chi connectivity index (χ1n) is 9.23. The summed E-state index contributed by atoms with van der Waals surface area (Å²) in [6.45, 7) is 0.584. The van der Waals surface area contributed by atoms with Crippen LogP contribution in [-0.2, 0) is 22.4 Å². The SMILES string of the molecule is O=C1CC(=O)N(CCc2ccccn2)C(=O)N1CCCCc1ccccc1. The number of aryl methyl sites for hydroxylation is 1. The fourth-order valence-corrected chi connectivity index (χ4v) is 3.14. The number of pyridine rings is 1. The maximum absolute atomic E-state index is 12.6. The number of aromatic nitrogens is 1. The Kier molecular flexibility index (Phi) is 6.30. The molecule has 1 aliphatic heterocycles. The van der Waals surface area contributed by atoms with E-state index in [1.807, 2.05) is 36.4 Å². The number of unbranched alkanes of at least 4 members (excludes halogenated alkanes) is 1. The first-order chi connectivity index (χ1) is 13.1. The normalized spacial score (nSPS) is 14.7. The molecule has 0 radical (unpaired) electrons. The quantitative estimate of drug-likeness (QED) is 0.533. The summed E-state index contributed by atoms with van der Waals surface area (Å²) >= 11 is 0. The number of imide groups is 2. The van der Waals surface area contributed by atoms with Crippen LogP contribution in [0.5, 0.6) is 0 Å². The van der Waals surface area contributed by atoms with Gasteiger partial charge in [0.05, 0.1) is 0 Å². The monoisotopic (exact) mass is 365 g/mol. The zero-order chi connectivity index (χ0) is 19.1. The van der Waals surface area contributed by atoms with Crippen molar-refractivity contribution in [1.29, 1.82) is 0 Å². The first-order valence-corrected chi connectivity index (χ1v) is 9.23. The topological polar surface area (TPSA) is 70.6 Å². The maximum atomic E-state index is 12.6. The van der Waals surface area contributed by atoms with Gasteiger partial charge in [0, 0.05) is 31.4 Å². The molecule has 0 unspecified atom stereocenters. The van der Waals surface area contributed by atoms with Gasteiger partial charge in [0.25, 0.3) is 0 Å². The predicted octanol–water partition coefficient (Wildman–Crippen LogP) is 2.83. The van der Waals surface area contributed by atoms with Gasteiger partial charge in [0.1, 0.15) is 6.42 Å². The van der Waals surface area contributed by atoms with Crippen LogP contribution in [0.4, 0.5) is 4.79 Å². The lowest BCUT2D eigenvalue weighted by Gasteiger charge is -2.32. The summed E-state index contributed by atoms with van der Waals surface area (Å²) in [5.41, 5.74) is 2.05. The molecule has 1 fully saturated rings. The third-order valence-corrected chi connectivity index (χ3v) is 4.62. The van der Waals surface area contributed by atoms with Crippen molar-refractivity contribution in [3.8, 4) is 0 Å². The Bertz CT molecular complexity index is 793. The largest absolute Gasteiger partial charge is 0.333 e. The molecule has 0 atom stereocenters. The van der Waals surface area contributed by atoms with Crippen molar-refractivity contribution in [2.75, 3.05) is 13.1 Å². The van der Waals surface area contributed by atoms with Gasteiger partial charge >= 0.3 is 6.03 Å². The molecule has 4 amide bonds. The van der Waals surface area contributed by atoms with E-state index >= 15 is 0 Å². The van der Waals surface area contributed by atoms with Gasteiger partial charge in [-0.25, -0.2) is 4.79 Å². The van der Waals surface area contributed by atoms with Crippen molar-refractivity contribution >= 4 is 17.8 Å². The number of barbiturate groups is 1. The Morgan fingerprint density at radius 2 is 1.48 bits per heavy atom. The number of nitrogens with zero attached hydrogens (tertiary/aromatic N) is 3. The standard InChI is InChI=1S/C21H23N3O3/c25-19-16-20(26)24(15-12-18-11-4-6-13-22-18)21(27)23(19)14-7-5-10-17-8-2-1-3-9-17/h1-4,6,8-9,11,13H,5,7,10,12,14-16H2. The maximum Gasteiger partial charge on any atom is 0.333 e. The molecule has 1 aromatic heterocycles. The highest BCUT2D eigenvalue weighted by atomic mass is 16.2. The highest BCUT2D eigenvalue weighted by molar-refractivity contribution is 6.14. The number of carbonyl (C=O) groups is 3. The van der Waals surface area contributed by atoms with Gasteiger partial charge in [-0.1, -0.05) is 36.4 Å². The van der Waals surface area contributed by atoms with Crippen LogP contribution in [0.25, 0.3) is 0 Å². The minimum Gasteiger partial charge on any atom is -0.274 e. The van der Waals surface area contributed by atoms with Gasteiger partial charge in [-0.3, -0.25) is 24.4 Å². The summed E-state index contributed by atoms with van der Waals surface area (Å²) in [7, 11) is 0. The molecule has 1 saturated heterocycles. The van der Waals surface area contributed by atoms with Crippen LogP contribution in [0, 0.1) is 0 Å². The summed E-state index contributed by atoms with van der Waals surface area (Å²) in [5.74, 6) is -0.833. The van der Waals surface area contributed by atoms with E-state index in [1.54, 1.807) is 6.20 Å². The average Bonchev–Trinajstić information content (AvgIpc) is 2.68. The van der Waals surface area contributed by atoms with Gasteiger partial charge < -0.3 is 0 Å². The molecule has 0 saturated carbocycles. The molecule has 0 aliphatic carbocycles. The van der Waals surface area contributed by atoms with Gasteiger partial charge in [0.2, 0.25) is 11.8 Å². The molecule has 0 bridgehead atoms. The lowest BCUT2D eigenvalue weighted by Crippen LogP contribution is -2.55. The van der Waals surface area contributed by atoms with Crippen molar-refractivity contribution in [1.82, 2.24) is 14.8 Å². The van der Waals surface area contributed by atoms with Crippen LogP contribution >= 0.6 is 0 Å². The Morgan fingerprint density at radius 1 is 0.778 bits per heavy atom. The molecule has 1 aromatic carbocycles. The second kappa shape index (κ2) is 9.07. The fraction of sp³-hybridized carbons (Fsp3) is 0.333. The zero-order valence-corrected chi connectivity index (χ0v) is 15.2. The Hall–Kier alpha value is -3.02. The molecule has 3 rings (SSSR count). The van der Waals surface area contributed by atoms with E-state index < -0.39 is 17.8 Å². The molecule has 2 aromatic rings. The molecule has 0 N–H and O–H groups in total. The van der Waals surface area contributed by atoms with Crippen molar-refractivity contribution in [2.45, 2.75) is 32.1 Å². The second-order valence-corrected chi connectivity index (χ2v) is 6.56. The van der Waals surface area contributed by atoms with Gasteiger partial charge in [-0.15, -0.1) is 0 Å². The van der Waals surface area contributed by atoms with E-state index in [0.717, 1.165) is 18.5 Å². The van der Waals surface area contributed by atoms with Crippen LogP contribution in [0.3, 0.4) is 0 Å². The van der Waals surface area contributed by atoms with Crippen molar-refractivity contribution in [3.05, 3.63) is 66.0 Å². The van der Waals surface area contributed by atoms with Gasteiger partial charge in [0.15, 0.2) is 0 Å². The number of hydrogen-bond acceptors (Lipinski definition) is 4. The Labute approximate surface area is 158 Å². The molecule has 6 heteroatoms. The van der Waals surface area contributed by atoms with Crippen LogP contribution in [0.15, 0.2) is 54.7 Å². The van der Waals surface area contributed by atoms with Crippen molar-refractivity contribution in [3.63, 3.8) is 0 Å². The summed E-state index contributed by atoms with van der Waals surface area (Å²) in [5, 5.41) is 0. The van der Waals surface area contributed by atoms with Gasteiger partial charge in [-0.05, 0) is 37.0 Å². The molecule has 140 valence electrons. The van der Waals surface area contributed by atoms with Crippen molar-refractivity contribution < 1.29 is 14.4 Å². The molecular formula is C21H23N3O3. The highest BCUT2D eigenvalue weighted by Crippen LogP contribution is 2.15. The minimum atomic E-state index is -0.508. The Balaban J connectivity index is 1.52. The third-order valence-electron chi connectivity index (χ3n) is 4.62. The lowest BCUT2D eigenvalue weighted by molar-refractivity contribution is -0.142. The first kappa shape index (κ1) is 18.8. The number of benzene rings is 1. The van der Waals surface area contributed by atoms with Crippen LogP contribution in [0.1, 0.15) is 30.5 Å². The van der Waals surface area contributed by atoms with Crippen LogP contribution < -0.4 is 0 Å². The summed E-state index contributed by atoms with van der Waals surface area (Å²) in [6.07, 6.45) is 4.41. The van der Waals surface area contributed by atoms with E-state index in [1.165, 1.54) is 15.4 Å². The minimum absolute atomic E-state index is 0.239. The highest BCUT2D eigenvalue weighted by Gasteiger charge is 2.37. The molecule has 27 heavy (non-hydrogen) atoms. The molecule has 6 nitrogen and oxygen atoms in total. The number of urea groups is 1. The smallest absolute Gasteiger partial charge is 0.274 e. The second-order valence-electron chi connectivity index (χ2n) is 6.56.